The van der Waals surface area contributed by atoms with Crippen molar-refractivity contribution in [2.24, 2.45) is 0 Å². The van der Waals surface area contributed by atoms with E-state index in [4.69, 9.17) is 0 Å². The summed E-state index contributed by atoms with van der Waals surface area (Å²) >= 11 is 6.22. The molecule has 0 bridgehead atoms. The molecule has 0 saturated heterocycles. The number of hydrogen-bond donors (Lipinski definition) is 0. The number of thioether (sulfide) groups is 2. The van der Waals surface area contributed by atoms with Crippen molar-refractivity contribution in [2.45, 2.75) is 61.7 Å². The van der Waals surface area contributed by atoms with Gasteiger partial charge in [-0.05, 0) is 0 Å². The van der Waals surface area contributed by atoms with E-state index < -0.39 is 0 Å². The molecule has 0 saturated carbocycles. The Balaban J connectivity index is 3.32. The maximum absolute atomic E-state index is 2.44. The van der Waals surface area contributed by atoms with E-state index >= 15 is 0 Å². The van der Waals surface area contributed by atoms with E-state index in [-0.39, 0.29) is 0 Å². The van der Waals surface area contributed by atoms with Crippen LogP contribution >= 0.6 is 23.5 Å². The minimum absolute atomic E-state index is 0.907. The molecule has 16 heavy (non-hydrogen) atoms. The van der Waals surface area contributed by atoms with Gasteiger partial charge in [-0.25, -0.2) is 0 Å². The van der Waals surface area contributed by atoms with Crippen molar-refractivity contribution in [3.63, 3.8) is 0 Å². The first kappa shape index (κ1) is 17.7. The average molecular weight is 392 g/mol. The molecule has 0 aromatic rings. The second kappa shape index (κ2) is 13.2. The van der Waals surface area contributed by atoms with E-state index in [0.29, 0.717) is 0 Å². The van der Waals surface area contributed by atoms with Crippen molar-refractivity contribution in [3.05, 3.63) is 0 Å². The van der Waals surface area contributed by atoms with Crippen molar-refractivity contribution in [3.8, 4) is 0 Å². The van der Waals surface area contributed by atoms with Crippen LogP contribution < -0.4 is 0 Å². The van der Waals surface area contributed by atoms with Crippen LogP contribution in [0.3, 0.4) is 0 Å². The van der Waals surface area contributed by atoms with Gasteiger partial charge in [-0.15, -0.1) is 0 Å². The fraction of sp³-hybridized carbons (Fsp3) is 1.00. The summed E-state index contributed by atoms with van der Waals surface area (Å²) in [6.45, 7) is 9.44. The molecule has 0 nitrogen and oxygen atoms in total. The number of rotatable bonds is 11. The third-order valence-electron chi connectivity index (χ3n) is 2.03. The molecule has 0 aromatic heterocycles. The summed E-state index contributed by atoms with van der Waals surface area (Å²) in [6, 6.07) is 0. The van der Waals surface area contributed by atoms with Crippen molar-refractivity contribution in [1.82, 2.24) is 0 Å². The molecule has 4 heteroatoms. The zero-order valence-corrected chi connectivity index (χ0v) is 16.1. The summed E-state index contributed by atoms with van der Waals surface area (Å²) in [6.07, 6.45) is 5.50. The van der Waals surface area contributed by atoms with Crippen LogP contribution in [0.1, 0.15) is 53.4 Å². The Morgan fingerprint density at radius 1 is 0.812 bits per heavy atom. The molecule has 0 heterocycles. The van der Waals surface area contributed by atoms with Crippen molar-refractivity contribution in [1.29, 1.82) is 0 Å². The van der Waals surface area contributed by atoms with Gasteiger partial charge in [0.25, 0.3) is 0 Å². The standard InChI is InChI=1S/C12H26S2Se2/c1-5-7-9-13-11(3)15-16-12(4)14-10-8-6-2/h11-12H,5-10H2,1-4H3. The third kappa shape index (κ3) is 12.2. The summed E-state index contributed by atoms with van der Waals surface area (Å²) in [5.41, 5.74) is 0. The Labute approximate surface area is 122 Å². The molecule has 0 aromatic carbocycles. The Bertz CT molecular complexity index is 129. The van der Waals surface area contributed by atoms with Gasteiger partial charge in [-0.3, -0.25) is 0 Å². The molecule has 0 N–H and O–H groups in total. The van der Waals surface area contributed by atoms with Crippen LogP contribution in [0, 0.1) is 0 Å². The van der Waals surface area contributed by atoms with Crippen LogP contribution in [0.4, 0.5) is 0 Å². The molecule has 0 aliphatic rings. The molecule has 0 rings (SSSR count). The molecule has 98 valence electrons. The van der Waals surface area contributed by atoms with Crippen molar-refractivity contribution in [2.75, 3.05) is 11.5 Å². The summed E-state index contributed by atoms with van der Waals surface area (Å²) in [5, 5.41) is 0. The van der Waals surface area contributed by atoms with Gasteiger partial charge in [-0.2, -0.15) is 0 Å². The van der Waals surface area contributed by atoms with Crippen LogP contribution in [0.25, 0.3) is 0 Å². The van der Waals surface area contributed by atoms with E-state index in [2.05, 4.69) is 51.2 Å². The number of unbranched alkanes of at least 4 members (excludes halogenated alkanes) is 2. The number of hydrogen-bond acceptors (Lipinski definition) is 2. The monoisotopic (exact) mass is 394 g/mol. The Kier molecular flexibility index (Phi) is 14.6. The fourth-order valence-electron chi connectivity index (χ4n) is 0.999. The predicted molar refractivity (Wildman–Crippen MR) is 85.2 cm³/mol. The SMILES string of the molecule is CCCCSC(C)[Se][Se]C(C)SCCCC. The Hall–Kier alpha value is 1.74. The van der Waals surface area contributed by atoms with Gasteiger partial charge in [0.05, 0.1) is 0 Å². The van der Waals surface area contributed by atoms with Gasteiger partial charge in [0.15, 0.2) is 0 Å². The second-order valence-electron chi connectivity index (χ2n) is 3.78. The van der Waals surface area contributed by atoms with Crippen LogP contribution in [-0.4, -0.2) is 46.1 Å². The van der Waals surface area contributed by atoms with Crippen LogP contribution in [0.2, 0.25) is 0 Å². The molecule has 2 atom stereocenters. The Morgan fingerprint density at radius 3 is 1.50 bits per heavy atom. The molecular formula is C12H26S2Se2. The fourth-order valence-corrected chi connectivity index (χ4v) is 14.7. The van der Waals surface area contributed by atoms with Gasteiger partial charge in [0, 0.05) is 0 Å². The molecule has 0 aliphatic carbocycles. The molecule has 0 spiro atoms. The van der Waals surface area contributed by atoms with E-state index in [0.717, 1.165) is 34.6 Å². The van der Waals surface area contributed by atoms with E-state index in [1.165, 1.54) is 37.2 Å². The summed E-state index contributed by atoms with van der Waals surface area (Å²) in [4.78, 5) is 0. The Morgan fingerprint density at radius 2 is 1.19 bits per heavy atom. The minimum atomic E-state index is 0.907. The molecule has 2 unspecified atom stereocenters. The topological polar surface area (TPSA) is 0 Å². The first-order chi connectivity index (χ1) is 7.70. The van der Waals surface area contributed by atoms with Crippen LogP contribution in [-0.2, 0) is 0 Å². The van der Waals surface area contributed by atoms with Crippen LogP contribution in [0.5, 0.6) is 0 Å². The maximum atomic E-state index is 2.44. The van der Waals surface area contributed by atoms with Crippen LogP contribution in [0.15, 0.2) is 0 Å². The van der Waals surface area contributed by atoms with Crippen molar-refractivity contribution >= 4 is 49.8 Å². The molecule has 0 aliphatic heterocycles. The quantitative estimate of drug-likeness (QED) is 0.384. The first-order valence-electron chi connectivity index (χ1n) is 6.26. The van der Waals surface area contributed by atoms with Gasteiger partial charge < -0.3 is 0 Å². The zero-order chi connectivity index (χ0) is 12.2. The molecule has 0 fully saturated rings. The van der Waals surface area contributed by atoms with Gasteiger partial charge in [-0.1, -0.05) is 0 Å². The average Bonchev–Trinajstić information content (AvgIpc) is 2.27. The van der Waals surface area contributed by atoms with E-state index in [1.807, 2.05) is 0 Å². The molecule has 0 radical (unpaired) electrons. The summed E-state index contributed by atoms with van der Waals surface area (Å²) in [7, 11) is 0. The van der Waals surface area contributed by atoms with E-state index in [1.54, 1.807) is 0 Å². The normalized spacial score (nSPS) is 15.0. The van der Waals surface area contributed by atoms with E-state index in [9.17, 15) is 0 Å². The summed E-state index contributed by atoms with van der Waals surface area (Å²) in [5.74, 6) is 2.76. The molecular weight excluding hydrogens is 366 g/mol. The first-order valence-corrected chi connectivity index (χ1v) is 14.7. The zero-order valence-electron chi connectivity index (χ0n) is 11.0. The van der Waals surface area contributed by atoms with Gasteiger partial charge in [0.2, 0.25) is 0 Å². The van der Waals surface area contributed by atoms with Gasteiger partial charge in [0.1, 0.15) is 0 Å². The van der Waals surface area contributed by atoms with Crippen molar-refractivity contribution < 1.29 is 0 Å². The summed E-state index contributed by atoms with van der Waals surface area (Å²) < 4.78 is 1.90. The molecule has 0 amide bonds. The predicted octanol–water partition coefficient (Wildman–Crippen LogP) is 4.07. The third-order valence-corrected chi connectivity index (χ3v) is 18.5. The second-order valence-corrected chi connectivity index (χ2v) is 16.0. The van der Waals surface area contributed by atoms with Gasteiger partial charge >= 0.3 is 123 Å².